The first-order chi connectivity index (χ1) is 8.25. The van der Waals surface area contributed by atoms with Crippen molar-refractivity contribution in [3.63, 3.8) is 0 Å². The van der Waals surface area contributed by atoms with Crippen LogP contribution in [0.5, 0.6) is 0 Å². The molecule has 0 fully saturated rings. The molecule has 0 spiro atoms. The SMILES string of the molecule is Fc1ccc(-c2n[nH]c3c(Br)cccc23)cc1. The number of para-hydroxylation sites is 1. The molecule has 3 rings (SSSR count). The number of nitrogens with zero attached hydrogens (tertiary/aromatic N) is 1. The molecule has 0 radical (unpaired) electrons. The van der Waals surface area contributed by atoms with Crippen LogP contribution in [-0.2, 0) is 0 Å². The second-order valence-corrected chi connectivity index (χ2v) is 4.60. The Morgan fingerprint density at radius 3 is 2.59 bits per heavy atom. The van der Waals surface area contributed by atoms with E-state index in [4.69, 9.17) is 0 Å². The predicted molar refractivity (Wildman–Crippen MR) is 69.2 cm³/mol. The van der Waals surface area contributed by atoms with Gasteiger partial charge in [-0.25, -0.2) is 4.39 Å². The number of aromatic nitrogens is 2. The van der Waals surface area contributed by atoms with Gasteiger partial charge in [-0.3, -0.25) is 5.10 Å². The number of hydrogen-bond acceptors (Lipinski definition) is 1. The highest BCUT2D eigenvalue weighted by atomic mass is 79.9. The Morgan fingerprint density at radius 2 is 1.82 bits per heavy atom. The van der Waals surface area contributed by atoms with E-state index in [0.29, 0.717) is 0 Å². The Labute approximate surface area is 106 Å². The zero-order valence-electron chi connectivity index (χ0n) is 8.74. The van der Waals surface area contributed by atoms with Crippen LogP contribution in [0.1, 0.15) is 0 Å². The van der Waals surface area contributed by atoms with Crippen LogP contribution in [0.25, 0.3) is 22.2 Å². The second-order valence-electron chi connectivity index (χ2n) is 3.74. The first-order valence-corrected chi connectivity index (χ1v) is 5.93. The Kier molecular flexibility index (Phi) is 2.44. The molecule has 1 aromatic heterocycles. The summed E-state index contributed by atoms with van der Waals surface area (Å²) in [6.07, 6.45) is 0. The lowest BCUT2D eigenvalue weighted by Crippen LogP contribution is -1.79. The number of H-pyrrole nitrogens is 1. The van der Waals surface area contributed by atoms with Crippen LogP contribution in [0.2, 0.25) is 0 Å². The van der Waals surface area contributed by atoms with Crippen molar-refractivity contribution in [2.75, 3.05) is 0 Å². The van der Waals surface area contributed by atoms with E-state index in [1.165, 1.54) is 12.1 Å². The predicted octanol–water partition coefficient (Wildman–Crippen LogP) is 4.13. The van der Waals surface area contributed by atoms with Crippen LogP contribution in [0.3, 0.4) is 0 Å². The highest BCUT2D eigenvalue weighted by Crippen LogP contribution is 2.30. The topological polar surface area (TPSA) is 28.7 Å². The molecule has 2 aromatic carbocycles. The van der Waals surface area contributed by atoms with Crippen molar-refractivity contribution >= 4 is 26.8 Å². The molecule has 0 saturated carbocycles. The van der Waals surface area contributed by atoms with E-state index in [1.54, 1.807) is 12.1 Å². The first-order valence-electron chi connectivity index (χ1n) is 5.14. The fourth-order valence-corrected chi connectivity index (χ4v) is 2.29. The van der Waals surface area contributed by atoms with Gasteiger partial charge < -0.3 is 0 Å². The molecule has 0 atom stereocenters. The summed E-state index contributed by atoms with van der Waals surface area (Å²) in [6, 6.07) is 12.2. The second kappa shape index (κ2) is 3.96. The highest BCUT2D eigenvalue weighted by molar-refractivity contribution is 9.10. The van der Waals surface area contributed by atoms with Crippen molar-refractivity contribution < 1.29 is 4.39 Å². The fraction of sp³-hybridized carbons (Fsp3) is 0. The number of halogens is 2. The van der Waals surface area contributed by atoms with Gasteiger partial charge in [0.2, 0.25) is 0 Å². The van der Waals surface area contributed by atoms with Gasteiger partial charge in [0.1, 0.15) is 5.82 Å². The van der Waals surface area contributed by atoms with Gasteiger partial charge >= 0.3 is 0 Å². The molecule has 4 heteroatoms. The zero-order valence-corrected chi connectivity index (χ0v) is 10.3. The van der Waals surface area contributed by atoms with E-state index in [2.05, 4.69) is 26.1 Å². The minimum atomic E-state index is -0.241. The molecular formula is C13H8BrFN2. The van der Waals surface area contributed by atoms with Crippen LogP contribution in [0.15, 0.2) is 46.9 Å². The quantitative estimate of drug-likeness (QED) is 0.717. The molecule has 1 N–H and O–H groups in total. The molecule has 84 valence electrons. The van der Waals surface area contributed by atoms with Gasteiger partial charge in [-0.1, -0.05) is 12.1 Å². The van der Waals surface area contributed by atoms with Gasteiger partial charge in [-0.05, 0) is 46.3 Å². The van der Waals surface area contributed by atoms with Gasteiger partial charge in [-0.15, -0.1) is 0 Å². The number of nitrogens with one attached hydrogen (secondary N) is 1. The third kappa shape index (κ3) is 1.74. The molecule has 17 heavy (non-hydrogen) atoms. The molecule has 0 saturated heterocycles. The van der Waals surface area contributed by atoms with Crippen LogP contribution in [0.4, 0.5) is 4.39 Å². The molecule has 0 aliphatic heterocycles. The number of aromatic amines is 1. The number of rotatable bonds is 1. The van der Waals surface area contributed by atoms with Crippen molar-refractivity contribution in [3.05, 3.63) is 52.8 Å². The highest BCUT2D eigenvalue weighted by Gasteiger charge is 2.09. The summed E-state index contributed by atoms with van der Waals surface area (Å²) < 4.78 is 13.8. The summed E-state index contributed by atoms with van der Waals surface area (Å²) >= 11 is 3.46. The lowest BCUT2D eigenvalue weighted by Gasteiger charge is -1.98. The molecule has 0 unspecified atom stereocenters. The van der Waals surface area contributed by atoms with Crippen molar-refractivity contribution in [3.8, 4) is 11.3 Å². The standard InChI is InChI=1S/C13H8BrFN2/c14-11-3-1-2-10-12(16-17-13(10)11)8-4-6-9(15)7-5-8/h1-7H,(H,16,17). The smallest absolute Gasteiger partial charge is 0.123 e. The molecule has 0 bridgehead atoms. The van der Waals surface area contributed by atoms with E-state index in [0.717, 1.165) is 26.6 Å². The van der Waals surface area contributed by atoms with Gasteiger partial charge in [0.05, 0.1) is 11.2 Å². The molecule has 1 heterocycles. The molecular weight excluding hydrogens is 283 g/mol. The summed E-state index contributed by atoms with van der Waals surface area (Å²) in [5.41, 5.74) is 2.68. The average molecular weight is 291 g/mol. The summed E-state index contributed by atoms with van der Waals surface area (Å²) in [4.78, 5) is 0. The fourth-order valence-electron chi connectivity index (χ4n) is 1.83. The summed E-state index contributed by atoms with van der Waals surface area (Å²) in [5.74, 6) is -0.241. The molecule has 0 aliphatic rings. The number of hydrogen-bond donors (Lipinski definition) is 1. The summed E-state index contributed by atoms with van der Waals surface area (Å²) in [7, 11) is 0. The Hall–Kier alpha value is -1.68. The average Bonchev–Trinajstić information content (AvgIpc) is 2.75. The lowest BCUT2D eigenvalue weighted by molar-refractivity contribution is 0.628. The van der Waals surface area contributed by atoms with Gasteiger partial charge in [0, 0.05) is 15.4 Å². The third-order valence-corrected chi connectivity index (χ3v) is 3.33. The summed E-state index contributed by atoms with van der Waals surface area (Å²) in [5, 5.41) is 8.28. The summed E-state index contributed by atoms with van der Waals surface area (Å²) in [6.45, 7) is 0. The first kappa shape index (κ1) is 10.5. The maximum atomic E-state index is 12.9. The maximum absolute atomic E-state index is 12.9. The maximum Gasteiger partial charge on any atom is 0.123 e. The monoisotopic (exact) mass is 290 g/mol. The molecule has 0 amide bonds. The van der Waals surface area contributed by atoms with E-state index in [-0.39, 0.29) is 5.82 Å². The minimum Gasteiger partial charge on any atom is -0.276 e. The van der Waals surface area contributed by atoms with Crippen molar-refractivity contribution in [2.24, 2.45) is 0 Å². The van der Waals surface area contributed by atoms with Crippen LogP contribution in [0, 0.1) is 5.82 Å². The number of benzene rings is 2. The van der Waals surface area contributed by atoms with E-state index >= 15 is 0 Å². The normalized spacial score (nSPS) is 10.9. The Morgan fingerprint density at radius 1 is 1.06 bits per heavy atom. The van der Waals surface area contributed by atoms with Gasteiger partial charge in [-0.2, -0.15) is 5.10 Å². The van der Waals surface area contributed by atoms with Crippen LogP contribution >= 0.6 is 15.9 Å². The van der Waals surface area contributed by atoms with E-state index in [1.807, 2.05) is 18.2 Å². The molecule has 3 aromatic rings. The number of fused-ring (bicyclic) bond motifs is 1. The van der Waals surface area contributed by atoms with Crippen LogP contribution < -0.4 is 0 Å². The zero-order chi connectivity index (χ0) is 11.8. The van der Waals surface area contributed by atoms with Gasteiger partial charge in [0.25, 0.3) is 0 Å². The van der Waals surface area contributed by atoms with Crippen molar-refractivity contribution in [1.29, 1.82) is 0 Å². The Bertz CT molecular complexity index is 673. The van der Waals surface area contributed by atoms with E-state index in [9.17, 15) is 4.39 Å². The molecule has 0 aliphatic carbocycles. The van der Waals surface area contributed by atoms with Crippen molar-refractivity contribution in [2.45, 2.75) is 0 Å². The lowest BCUT2D eigenvalue weighted by atomic mass is 10.1. The van der Waals surface area contributed by atoms with Crippen molar-refractivity contribution in [1.82, 2.24) is 10.2 Å². The minimum absolute atomic E-state index is 0.241. The largest absolute Gasteiger partial charge is 0.276 e. The molecule has 2 nitrogen and oxygen atoms in total. The third-order valence-electron chi connectivity index (χ3n) is 2.67. The Balaban J connectivity index is 2.24. The van der Waals surface area contributed by atoms with Gasteiger partial charge in [0.15, 0.2) is 0 Å². The van der Waals surface area contributed by atoms with E-state index < -0.39 is 0 Å². The van der Waals surface area contributed by atoms with Crippen LogP contribution in [-0.4, -0.2) is 10.2 Å².